The van der Waals surface area contributed by atoms with Crippen LogP contribution in [0.1, 0.15) is 25.7 Å². The van der Waals surface area contributed by atoms with Gasteiger partial charge in [-0.1, -0.05) is 6.42 Å². The van der Waals surface area contributed by atoms with E-state index in [9.17, 15) is 0 Å². The van der Waals surface area contributed by atoms with Crippen LogP contribution in [0.2, 0.25) is 0 Å². The van der Waals surface area contributed by atoms with Gasteiger partial charge in [0, 0.05) is 12.1 Å². The van der Waals surface area contributed by atoms with Gasteiger partial charge in [0.25, 0.3) is 0 Å². The third-order valence-corrected chi connectivity index (χ3v) is 3.06. The molecule has 0 aliphatic carbocycles. The van der Waals surface area contributed by atoms with Crippen molar-refractivity contribution in [3.8, 4) is 0 Å². The van der Waals surface area contributed by atoms with Crippen molar-refractivity contribution >= 4 is 0 Å². The van der Waals surface area contributed by atoms with E-state index in [1.165, 1.54) is 19.3 Å². The first-order valence-electron chi connectivity index (χ1n) is 4.91. The van der Waals surface area contributed by atoms with Crippen LogP contribution in [-0.2, 0) is 4.74 Å². The van der Waals surface area contributed by atoms with E-state index in [4.69, 9.17) is 10.5 Å². The van der Waals surface area contributed by atoms with Crippen LogP contribution >= 0.6 is 0 Å². The Morgan fingerprint density at radius 2 is 2.42 bits per heavy atom. The number of ether oxygens (including phenoxy) is 1. The van der Waals surface area contributed by atoms with Gasteiger partial charge in [0.15, 0.2) is 0 Å². The van der Waals surface area contributed by atoms with Crippen LogP contribution in [0, 0.1) is 0 Å². The molecule has 70 valence electrons. The van der Waals surface area contributed by atoms with Crippen LogP contribution in [0.4, 0.5) is 0 Å². The number of rotatable bonds is 1. The number of piperidine rings is 1. The second-order valence-electron chi connectivity index (χ2n) is 4.04. The van der Waals surface area contributed by atoms with Crippen LogP contribution < -0.4 is 11.1 Å². The highest BCUT2D eigenvalue weighted by Crippen LogP contribution is 2.30. The topological polar surface area (TPSA) is 47.3 Å². The maximum atomic E-state index is 5.61. The molecule has 0 amide bonds. The summed E-state index contributed by atoms with van der Waals surface area (Å²) in [5, 5.41) is 3.58. The molecular formula is C9H18N2O. The molecule has 1 spiro atoms. The first-order chi connectivity index (χ1) is 5.85. The van der Waals surface area contributed by atoms with Gasteiger partial charge in [0.2, 0.25) is 0 Å². The zero-order valence-corrected chi connectivity index (χ0v) is 7.51. The smallest absolute Gasteiger partial charge is 0.0716 e. The maximum Gasteiger partial charge on any atom is 0.0716 e. The third kappa shape index (κ3) is 1.49. The van der Waals surface area contributed by atoms with Gasteiger partial charge in [-0.05, 0) is 25.8 Å². The van der Waals surface area contributed by atoms with E-state index in [0.29, 0.717) is 18.2 Å². The predicted octanol–water partition coefficient (Wildman–Crippen LogP) is 0.246. The number of nitrogens with two attached hydrogens (primary N) is 1. The van der Waals surface area contributed by atoms with Crippen molar-refractivity contribution in [3.05, 3.63) is 0 Å². The van der Waals surface area contributed by atoms with Crippen LogP contribution in [0.15, 0.2) is 0 Å². The molecule has 2 heterocycles. The second-order valence-corrected chi connectivity index (χ2v) is 4.04. The summed E-state index contributed by atoms with van der Waals surface area (Å²) in [5.41, 5.74) is 5.86. The number of hydrogen-bond donors (Lipinski definition) is 2. The van der Waals surface area contributed by atoms with Crippen LogP contribution in [-0.4, -0.2) is 31.3 Å². The van der Waals surface area contributed by atoms with Crippen LogP contribution in [0.5, 0.6) is 0 Å². The van der Waals surface area contributed by atoms with Gasteiger partial charge in [-0.15, -0.1) is 0 Å². The third-order valence-electron chi connectivity index (χ3n) is 3.06. The Morgan fingerprint density at radius 3 is 3.00 bits per heavy atom. The van der Waals surface area contributed by atoms with Gasteiger partial charge in [-0.3, -0.25) is 0 Å². The summed E-state index contributed by atoms with van der Waals surface area (Å²) >= 11 is 0. The normalized spacial score (nSPS) is 42.2. The molecule has 2 saturated heterocycles. The summed E-state index contributed by atoms with van der Waals surface area (Å²) in [5.74, 6) is 0. The molecule has 0 radical (unpaired) electrons. The molecular weight excluding hydrogens is 152 g/mol. The lowest BCUT2D eigenvalue weighted by molar-refractivity contribution is 0.101. The summed E-state index contributed by atoms with van der Waals surface area (Å²) in [4.78, 5) is 0. The molecule has 2 rings (SSSR count). The van der Waals surface area contributed by atoms with Crippen molar-refractivity contribution in [1.82, 2.24) is 5.32 Å². The van der Waals surface area contributed by atoms with Gasteiger partial charge < -0.3 is 15.8 Å². The molecule has 0 aromatic heterocycles. The van der Waals surface area contributed by atoms with Crippen LogP contribution in [0.25, 0.3) is 0 Å². The minimum Gasteiger partial charge on any atom is -0.375 e. The molecule has 0 saturated carbocycles. The molecule has 0 aromatic carbocycles. The Kier molecular flexibility index (Phi) is 2.35. The van der Waals surface area contributed by atoms with Gasteiger partial charge >= 0.3 is 0 Å². The molecule has 2 aliphatic rings. The summed E-state index contributed by atoms with van der Waals surface area (Å²) < 4.78 is 5.61. The Bertz CT molecular complexity index is 155. The summed E-state index contributed by atoms with van der Waals surface area (Å²) in [6.07, 6.45) is 5.34. The molecule has 0 unspecified atom stereocenters. The average molecular weight is 170 g/mol. The Hall–Kier alpha value is -0.120. The standard InChI is InChI=1S/C9H18N2O/c10-6-8-5-9(7-12-8)3-1-2-4-11-9/h8,11H,1-7,10H2/t8-,9-/m1/s1. The Labute approximate surface area is 73.7 Å². The second kappa shape index (κ2) is 3.32. The fraction of sp³-hybridized carbons (Fsp3) is 1.00. The van der Waals surface area contributed by atoms with E-state index in [1.807, 2.05) is 0 Å². The SMILES string of the molecule is NC[C@H]1C[C@]2(CCCCN2)CO1. The highest BCUT2D eigenvalue weighted by atomic mass is 16.5. The molecule has 2 fully saturated rings. The highest BCUT2D eigenvalue weighted by molar-refractivity contribution is 4.97. The molecule has 12 heavy (non-hydrogen) atoms. The Balaban J connectivity index is 1.94. The minimum absolute atomic E-state index is 0.294. The summed E-state index contributed by atoms with van der Waals surface area (Å²) in [7, 11) is 0. The van der Waals surface area contributed by atoms with Crippen molar-refractivity contribution in [2.75, 3.05) is 19.7 Å². The fourth-order valence-corrected chi connectivity index (χ4v) is 2.31. The van der Waals surface area contributed by atoms with E-state index in [-0.39, 0.29) is 0 Å². The highest BCUT2D eigenvalue weighted by Gasteiger charge is 2.39. The minimum atomic E-state index is 0.294. The van der Waals surface area contributed by atoms with Crippen molar-refractivity contribution in [3.63, 3.8) is 0 Å². The molecule has 3 heteroatoms. The monoisotopic (exact) mass is 170 g/mol. The van der Waals surface area contributed by atoms with E-state index >= 15 is 0 Å². The van der Waals surface area contributed by atoms with E-state index < -0.39 is 0 Å². The van der Waals surface area contributed by atoms with Gasteiger partial charge in [0.1, 0.15) is 0 Å². The number of nitrogens with one attached hydrogen (secondary N) is 1. The molecule has 3 nitrogen and oxygen atoms in total. The number of hydrogen-bond acceptors (Lipinski definition) is 3. The van der Waals surface area contributed by atoms with E-state index in [1.54, 1.807) is 0 Å². The maximum absolute atomic E-state index is 5.61. The zero-order valence-electron chi connectivity index (χ0n) is 7.51. The van der Waals surface area contributed by atoms with Crippen LogP contribution in [0.3, 0.4) is 0 Å². The fourth-order valence-electron chi connectivity index (χ4n) is 2.31. The molecule has 2 atom stereocenters. The lowest BCUT2D eigenvalue weighted by atomic mass is 9.87. The first-order valence-corrected chi connectivity index (χ1v) is 4.91. The van der Waals surface area contributed by atoms with E-state index in [2.05, 4.69) is 5.32 Å². The zero-order chi connectivity index (χ0) is 8.44. The van der Waals surface area contributed by atoms with Crippen molar-refractivity contribution in [2.24, 2.45) is 5.73 Å². The van der Waals surface area contributed by atoms with Gasteiger partial charge in [0.05, 0.1) is 12.7 Å². The summed E-state index contributed by atoms with van der Waals surface area (Å²) in [6.45, 7) is 2.69. The molecule has 0 bridgehead atoms. The summed E-state index contributed by atoms with van der Waals surface area (Å²) in [6, 6.07) is 0. The van der Waals surface area contributed by atoms with Crippen molar-refractivity contribution in [2.45, 2.75) is 37.3 Å². The molecule has 2 aliphatic heterocycles. The average Bonchev–Trinajstić information content (AvgIpc) is 2.50. The van der Waals surface area contributed by atoms with Gasteiger partial charge in [-0.2, -0.15) is 0 Å². The predicted molar refractivity (Wildman–Crippen MR) is 48.0 cm³/mol. The first kappa shape index (κ1) is 8.48. The quantitative estimate of drug-likeness (QED) is 0.593. The lowest BCUT2D eigenvalue weighted by Gasteiger charge is -2.33. The van der Waals surface area contributed by atoms with Crippen molar-refractivity contribution < 1.29 is 4.74 Å². The Morgan fingerprint density at radius 1 is 1.50 bits per heavy atom. The van der Waals surface area contributed by atoms with Gasteiger partial charge in [-0.25, -0.2) is 0 Å². The largest absolute Gasteiger partial charge is 0.375 e. The lowest BCUT2D eigenvalue weighted by Crippen LogP contribution is -2.49. The van der Waals surface area contributed by atoms with Crippen molar-refractivity contribution in [1.29, 1.82) is 0 Å². The molecule has 3 N–H and O–H groups in total. The van der Waals surface area contributed by atoms with E-state index in [0.717, 1.165) is 19.6 Å². The molecule has 0 aromatic rings.